The number of nitrogens with zero attached hydrogens (tertiary/aromatic N) is 2. The number of rotatable bonds is 5. The Morgan fingerprint density at radius 1 is 1.39 bits per heavy atom. The minimum atomic E-state index is 0.310. The van der Waals surface area contributed by atoms with Gasteiger partial charge in [0.05, 0.1) is 6.54 Å². The third kappa shape index (κ3) is 3.22. The maximum Gasteiger partial charge on any atom is 0.315 e. The molecule has 5 nitrogen and oxygen atoms in total. The first-order valence-electron chi connectivity index (χ1n) is 6.80. The predicted octanol–water partition coefficient (Wildman–Crippen LogP) is 2.56. The molecule has 1 aromatic rings. The van der Waals surface area contributed by atoms with Gasteiger partial charge in [0, 0.05) is 12.1 Å². The van der Waals surface area contributed by atoms with Crippen LogP contribution in [0.5, 0.6) is 0 Å². The van der Waals surface area contributed by atoms with Crippen LogP contribution in [-0.4, -0.2) is 22.3 Å². The molecule has 1 unspecified atom stereocenters. The van der Waals surface area contributed by atoms with Crippen molar-refractivity contribution in [3.05, 3.63) is 5.89 Å². The van der Waals surface area contributed by atoms with E-state index in [2.05, 4.69) is 48.5 Å². The molecule has 2 N–H and O–H groups in total. The molecule has 0 saturated heterocycles. The van der Waals surface area contributed by atoms with Crippen LogP contribution >= 0.6 is 0 Å². The van der Waals surface area contributed by atoms with Crippen molar-refractivity contribution in [2.45, 2.75) is 65.6 Å². The number of nitrogens with one attached hydrogen (secondary N) is 2. The van der Waals surface area contributed by atoms with E-state index in [1.54, 1.807) is 0 Å². The summed E-state index contributed by atoms with van der Waals surface area (Å²) in [6.45, 7) is 9.39. The van der Waals surface area contributed by atoms with Crippen molar-refractivity contribution in [2.75, 3.05) is 5.32 Å². The molecule has 0 aliphatic heterocycles. The summed E-state index contributed by atoms with van der Waals surface area (Å²) in [6.07, 6.45) is 3.69. The van der Waals surface area contributed by atoms with Crippen LogP contribution in [0, 0.1) is 5.41 Å². The largest absolute Gasteiger partial charge is 0.407 e. The highest BCUT2D eigenvalue weighted by atomic mass is 16.4. The Morgan fingerprint density at radius 3 is 2.78 bits per heavy atom. The molecule has 102 valence electrons. The average Bonchev–Trinajstić information content (AvgIpc) is 2.84. The molecule has 5 heteroatoms. The van der Waals surface area contributed by atoms with Gasteiger partial charge in [0.25, 0.3) is 0 Å². The lowest BCUT2D eigenvalue weighted by molar-refractivity contribution is 0.342. The summed E-state index contributed by atoms with van der Waals surface area (Å²) in [6, 6.07) is 1.40. The van der Waals surface area contributed by atoms with E-state index in [4.69, 9.17) is 4.42 Å². The second-order valence-corrected chi connectivity index (χ2v) is 6.11. The van der Waals surface area contributed by atoms with E-state index in [1.807, 2.05) is 0 Å². The molecule has 0 bridgehead atoms. The van der Waals surface area contributed by atoms with E-state index in [1.165, 1.54) is 19.3 Å². The second kappa shape index (κ2) is 5.26. The van der Waals surface area contributed by atoms with Crippen molar-refractivity contribution in [3.8, 4) is 0 Å². The molecule has 2 rings (SSSR count). The van der Waals surface area contributed by atoms with Gasteiger partial charge in [-0.3, -0.25) is 0 Å². The Morgan fingerprint density at radius 2 is 2.17 bits per heavy atom. The van der Waals surface area contributed by atoms with Crippen molar-refractivity contribution in [1.29, 1.82) is 0 Å². The Labute approximate surface area is 109 Å². The van der Waals surface area contributed by atoms with Crippen LogP contribution in [0.3, 0.4) is 0 Å². The van der Waals surface area contributed by atoms with Crippen LogP contribution in [0.2, 0.25) is 0 Å². The van der Waals surface area contributed by atoms with Crippen molar-refractivity contribution in [3.63, 3.8) is 0 Å². The molecule has 1 aliphatic carbocycles. The molecule has 1 aliphatic rings. The number of anilines is 1. The van der Waals surface area contributed by atoms with E-state index in [9.17, 15) is 0 Å². The summed E-state index contributed by atoms with van der Waals surface area (Å²) in [5.74, 6) is 0.641. The monoisotopic (exact) mass is 252 g/mol. The lowest BCUT2D eigenvalue weighted by Gasteiger charge is -2.26. The maximum absolute atomic E-state index is 5.59. The van der Waals surface area contributed by atoms with Crippen molar-refractivity contribution >= 4 is 6.01 Å². The molecule has 0 aromatic carbocycles. The fraction of sp³-hybridized carbons (Fsp3) is 0.846. The third-order valence-corrected chi connectivity index (χ3v) is 3.68. The highest BCUT2D eigenvalue weighted by molar-refractivity contribution is 5.22. The van der Waals surface area contributed by atoms with Gasteiger partial charge in [0.1, 0.15) is 0 Å². The summed E-state index contributed by atoms with van der Waals surface area (Å²) < 4.78 is 5.59. The van der Waals surface area contributed by atoms with Gasteiger partial charge in [0.2, 0.25) is 5.89 Å². The molecule has 1 aromatic heterocycles. The summed E-state index contributed by atoms with van der Waals surface area (Å²) in [7, 11) is 0. The van der Waals surface area contributed by atoms with Gasteiger partial charge < -0.3 is 15.1 Å². The topological polar surface area (TPSA) is 63.0 Å². The predicted molar refractivity (Wildman–Crippen MR) is 71.3 cm³/mol. The van der Waals surface area contributed by atoms with Crippen LogP contribution < -0.4 is 10.6 Å². The maximum atomic E-state index is 5.59. The van der Waals surface area contributed by atoms with Crippen LogP contribution in [0.15, 0.2) is 4.42 Å². The number of aromatic nitrogens is 2. The van der Waals surface area contributed by atoms with Gasteiger partial charge in [-0.25, -0.2) is 0 Å². The zero-order valence-electron chi connectivity index (χ0n) is 11.8. The molecule has 1 heterocycles. The SMILES string of the molecule is CC(C)NCc1nnc(NC2CCCC2(C)C)o1. The van der Waals surface area contributed by atoms with Crippen LogP contribution in [-0.2, 0) is 6.54 Å². The van der Waals surface area contributed by atoms with E-state index >= 15 is 0 Å². The minimum absolute atomic E-state index is 0.310. The van der Waals surface area contributed by atoms with Crippen molar-refractivity contribution in [1.82, 2.24) is 15.5 Å². The van der Waals surface area contributed by atoms with Crippen LogP contribution in [0.4, 0.5) is 6.01 Å². The van der Waals surface area contributed by atoms with Gasteiger partial charge in [-0.2, -0.15) is 0 Å². The molecular formula is C13H24N4O. The van der Waals surface area contributed by atoms with Crippen molar-refractivity contribution < 1.29 is 4.42 Å². The van der Waals surface area contributed by atoms with E-state index in [0.29, 0.717) is 35.9 Å². The fourth-order valence-corrected chi connectivity index (χ4v) is 2.42. The normalized spacial score (nSPS) is 22.6. The van der Waals surface area contributed by atoms with Crippen LogP contribution in [0.25, 0.3) is 0 Å². The first-order valence-corrected chi connectivity index (χ1v) is 6.80. The average molecular weight is 252 g/mol. The lowest BCUT2D eigenvalue weighted by Crippen LogP contribution is -2.30. The Bertz CT molecular complexity index is 386. The van der Waals surface area contributed by atoms with Gasteiger partial charge in [0.15, 0.2) is 0 Å². The Kier molecular flexibility index (Phi) is 3.90. The van der Waals surface area contributed by atoms with E-state index < -0.39 is 0 Å². The molecule has 1 atom stereocenters. The molecule has 0 radical (unpaired) electrons. The second-order valence-electron chi connectivity index (χ2n) is 6.11. The molecule has 1 saturated carbocycles. The summed E-state index contributed by atoms with van der Waals surface area (Å²) in [5.41, 5.74) is 0.310. The summed E-state index contributed by atoms with van der Waals surface area (Å²) in [5, 5.41) is 14.7. The molecule has 0 spiro atoms. The standard InChI is InChI=1S/C13H24N4O/c1-9(2)14-8-11-16-17-12(18-11)15-10-6-5-7-13(10,3)4/h9-10,14H,5-8H2,1-4H3,(H,15,17). The smallest absolute Gasteiger partial charge is 0.315 e. The van der Waals surface area contributed by atoms with Gasteiger partial charge >= 0.3 is 6.01 Å². The first kappa shape index (κ1) is 13.3. The fourth-order valence-electron chi connectivity index (χ4n) is 2.42. The third-order valence-electron chi connectivity index (χ3n) is 3.68. The van der Waals surface area contributed by atoms with Crippen LogP contribution in [0.1, 0.15) is 52.8 Å². The number of hydrogen-bond acceptors (Lipinski definition) is 5. The van der Waals surface area contributed by atoms with E-state index in [-0.39, 0.29) is 0 Å². The summed E-state index contributed by atoms with van der Waals surface area (Å²) >= 11 is 0. The zero-order valence-corrected chi connectivity index (χ0v) is 11.8. The quantitative estimate of drug-likeness (QED) is 0.843. The first-order chi connectivity index (χ1) is 8.47. The molecule has 1 fully saturated rings. The molecule has 0 amide bonds. The van der Waals surface area contributed by atoms with Gasteiger partial charge in [-0.05, 0) is 18.3 Å². The highest BCUT2D eigenvalue weighted by Crippen LogP contribution is 2.38. The molecular weight excluding hydrogens is 228 g/mol. The molecule has 18 heavy (non-hydrogen) atoms. The zero-order chi connectivity index (χ0) is 13.2. The number of hydrogen-bond donors (Lipinski definition) is 2. The van der Waals surface area contributed by atoms with Gasteiger partial charge in [-0.15, -0.1) is 5.10 Å². The Balaban J connectivity index is 1.90. The lowest BCUT2D eigenvalue weighted by atomic mass is 9.87. The van der Waals surface area contributed by atoms with Crippen molar-refractivity contribution in [2.24, 2.45) is 5.41 Å². The van der Waals surface area contributed by atoms with Gasteiger partial charge in [-0.1, -0.05) is 39.2 Å². The Hall–Kier alpha value is -1.10. The minimum Gasteiger partial charge on any atom is -0.407 e. The summed E-state index contributed by atoms with van der Waals surface area (Å²) in [4.78, 5) is 0. The van der Waals surface area contributed by atoms with E-state index in [0.717, 1.165) is 0 Å². The highest BCUT2D eigenvalue weighted by Gasteiger charge is 2.35.